The topological polar surface area (TPSA) is 436 Å². The lowest BCUT2D eigenvalue weighted by atomic mass is 9.95. The number of aliphatic hydroxyl groups excluding tert-OH is 4. The molecule has 1 saturated heterocycles. The smallest absolute Gasteiger partial charge is 0.248 e. The fraction of sp³-hybridized carbons (Fsp3) is 0.706. The van der Waals surface area contributed by atoms with Gasteiger partial charge in [0.1, 0.15) is 72.5 Å². The van der Waals surface area contributed by atoms with Crippen LogP contribution >= 0.6 is 0 Å². The van der Waals surface area contributed by atoms with Crippen molar-refractivity contribution in [1.82, 2.24) is 71.9 Å². The molecular weight excluding hydrogens is 1300 g/mol. The van der Waals surface area contributed by atoms with E-state index in [2.05, 4.69) is 42.5 Å². The predicted octanol–water partition coefficient (Wildman–Crippen LogP) is -3.17. The second-order valence-corrected chi connectivity index (χ2v) is 27.6. The van der Waals surface area contributed by atoms with E-state index in [1.54, 1.807) is 113 Å². The van der Waals surface area contributed by atoms with E-state index in [0.29, 0.717) is 12.0 Å². The molecule has 1 aliphatic rings. The molecule has 100 heavy (non-hydrogen) atoms. The fourth-order valence-corrected chi connectivity index (χ4v) is 11.5. The molecule has 16 atom stereocenters. The number of carbonyl (C=O) groups excluding carboxylic acids is 14. The predicted molar refractivity (Wildman–Crippen MR) is 369 cm³/mol. The van der Waals surface area contributed by atoms with Crippen LogP contribution in [0.2, 0.25) is 0 Å². The van der Waals surface area contributed by atoms with E-state index in [4.69, 9.17) is 0 Å². The molecule has 1 aromatic carbocycles. The van der Waals surface area contributed by atoms with Gasteiger partial charge in [-0.05, 0) is 61.8 Å². The molecule has 0 aliphatic carbocycles. The summed E-state index contributed by atoms with van der Waals surface area (Å²) in [6.45, 7) is 19.6. The Morgan fingerprint density at radius 2 is 0.740 bits per heavy atom. The van der Waals surface area contributed by atoms with Crippen molar-refractivity contribution in [3.63, 3.8) is 0 Å². The van der Waals surface area contributed by atoms with Crippen molar-refractivity contribution >= 4 is 82.7 Å². The van der Waals surface area contributed by atoms with Gasteiger partial charge in [-0.25, -0.2) is 0 Å². The number of carbonyl (C=O) groups is 14. The summed E-state index contributed by atoms with van der Waals surface area (Å²) in [6.07, 6.45) is -2.80. The molecule has 32 heteroatoms. The van der Waals surface area contributed by atoms with Crippen LogP contribution in [-0.2, 0) is 73.5 Å². The minimum Gasteiger partial charge on any atom is -0.394 e. The minimum absolute atomic E-state index is 0.125. The van der Waals surface area contributed by atoms with E-state index in [1.807, 2.05) is 0 Å². The Hall–Kier alpha value is -8.36. The summed E-state index contributed by atoms with van der Waals surface area (Å²) in [5, 5.41) is 64.1. The lowest BCUT2D eigenvalue weighted by molar-refractivity contribution is -0.152. The molecular formula is C68H114N14O18. The van der Waals surface area contributed by atoms with Gasteiger partial charge in [0.05, 0.1) is 38.5 Å². The number of benzene rings is 1. The molecule has 12 N–H and O–H groups in total. The Morgan fingerprint density at radius 3 is 1.14 bits per heavy atom. The third-order valence-electron chi connectivity index (χ3n) is 18.6. The van der Waals surface area contributed by atoms with Gasteiger partial charge in [-0.15, -0.1) is 0 Å². The zero-order valence-corrected chi connectivity index (χ0v) is 62.1. The number of amides is 14. The monoisotopic (exact) mass is 1410 g/mol. The number of nitrogens with one attached hydrogen (secondary N) is 8. The molecule has 0 aromatic heterocycles. The van der Waals surface area contributed by atoms with Crippen LogP contribution in [0.25, 0.3) is 0 Å². The standard InChI is InChI=1S/C68H114N14O18/c1-22-38(11)53-68(100)79(18)46(33-84)63(95)80(19)54(39(12)23-2)60(92)71-44(32-83)58(90)74-51(36(7)8)65(97)78(17)45(29-43-27-25-24-26-28-43)59(91)70-31-47(87)72-49(34(3)4)66(98)81(20)55(41(14)85)62(94)76-52(37(9)10)67(99)82(21)56(42(15)86)61(93)75-50(35(5)6)64(96)77(16)40(13)57(89)69-30-48(88)73-53/h24-28,34-42,44-46,49-56,83-86H,22-23,29-33H2,1-21H3,(H,69,89)(H,70,91)(H,71,92)(H,72,87)(H,73,88)(H,74,90)(H,75,93)(H,76,94)/t38-,39-,40-,41-,42-,44+,45-,46+,49+,50+,51+,52+,53+,54+,55+,56+/m1/s1. The Morgan fingerprint density at radius 1 is 0.390 bits per heavy atom. The van der Waals surface area contributed by atoms with E-state index in [1.165, 1.54) is 63.1 Å². The maximum atomic E-state index is 14.7. The number of rotatable bonds is 14. The first-order valence-corrected chi connectivity index (χ1v) is 34.1. The highest BCUT2D eigenvalue weighted by Gasteiger charge is 2.45. The molecule has 564 valence electrons. The lowest BCUT2D eigenvalue weighted by Gasteiger charge is -2.38. The van der Waals surface area contributed by atoms with Gasteiger partial charge in [0.25, 0.3) is 0 Å². The van der Waals surface area contributed by atoms with Crippen LogP contribution in [0.4, 0.5) is 0 Å². The summed E-state index contributed by atoms with van der Waals surface area (Å²) in [5.74, 6) is -16.9. The van der Waals surface area contributed by atoms with Crippen LogP contribution < -0.4 is 42.5 Å². The fourth-order valence-electron chi connectivity index (χ4n) is 11.5. The normalized spacial score (nSPS) is 27.4. The molecule has 1 aromatic rings. The van der Waals surface area contributed by atoms with Gasteiger partial charge in [-0.2, -0.15) is 0 Å². The first-order chi connectivity index (χ1) is 46.5. The van der Waals surface area contributed by atoms with Gasteiger partial charge in [0, 0.05) is 48.7 Å². The Balaban J connectivity index is 2.87. The SMILES string of the molecule is CC[C@@H](C)[C@@H]1NC(=O)CNC(=O)[C@@H](C)N(C)C(=O)[C@H](C(C)C)NC(=O)[C@H]([C@@H](C)O)N(C)C(=O)[C@H](C(C)C)NC(=O)[C@H]([C@@H](C)O)N(C)C(=O)[C@H](C(C)C)NC(=O)CNC(=O)[C@@H](Cc2ccccc2)N(C)C(=O)[C@H](C(C)C)NC(=O)[C@H](CO)NC(=O)[C@H]([C@H](C)CC)N(C)C(=O)[C@H](CO)N(C)C1=O. The largest absolute Gasteiger partial charge is 0.394 e. The summed E-state index contributed by atoms with van der Waals surface area (Å²) < 4.78 is 0. The van der Waals surface area contributed by atoms with Crippen LogP contribution in [0.1, 0.15) is 122 Å². The molecule has 32 nitrogen and oxygen atoms in total. The Kier molecular flexibility index (Phi) is 35.2. The molecule has 1 heterocycles. The lowest BCUT2D eigenvalue weighted by Crippen LogP contribution is -2.64. The van der Waals surface area contributed by atoms with Crippen LogP contribution in [0.5, 0.6) is 0 Å². The summed E-state index contributed by atoms with van der Waals surface area (Å²) in [5.41, 5.74) is 0.575. The summed E-state index contributed by atoms with van der Waals surface area (Å²) >= 11 is 0. The Labute approximate surface area is 587 Å². The molecule has 0 bridgehead atoms. The number of hydrogen-bond donors (Lipinski definition) is 12. The maximum absolute atomic E-state index is 14.7. The van der Waals surface area contributed by atoms with Crippen molar-refractivity contribution in [3.8, 4) is 0 Å². The van der Waals surface area contributed by atoms with Crippen molar-refractivity contribution in [1.29, 1.82) is 0 Å². The van der Waals surface area contributed by atoms with E-state index < -0.39 is 229 Å². The van der Waals surface area contributed by atoms with Crippen molar-refractivity contribution in [3.05, 3.63) is 35.9 Å². The van der Waals surface area contributed by atoms with Crippen molar-refractivity contribution in [2.45, 2.75) is 208 Å². The highest BCUT2D eigenvalue weighted by Crippen LogP contribution is 2.22. The van der Waals surface area contributed by atoms with Crippen LogP contribution in [0.15, 0.2) is 30.3 Å². The number of likely N-dealkylation sites (N-methyl/N-ethyl adjacent to an activating group) is 6. The minimum atomic E-state index is -1.75. The van der Waals surface area contributed by atoms with Crippen LogP contribution in [0, 0.1) is 35.5 Å². The zero-order chi connectivity index (χ0) is 76.8. The summed E-state index contributed by atoms with van der Waals surface area (Å²) in [7, 11) is 7.38. The molecule has 1 fully saturated rings. The van der Waals surface area contributed by atoms with Gasteiger partial charge in [0.2, 0.25) is 82.7 Å². The number of nitrogens with zero attached hydrogens (tertiary/aromatic N) is 6. The van der Waals surface area contributed by atoms with Gasteiger partial charge in [0.15, 0.2) is 0 Å². The molecule has 0 radical (unpaired) electrons. The summed E-state index contributed by atoms with van der Waals surface area (Å²) in [6, 6.07) is -9.55. The van der Waals surface area contributed by atoms with Crippen LogP contribution in [-0.4, -0.2) is 286 Å². The first kappa shape index (κ1) is 87.7. The molecule has 0 unspecified atom stereocenters. The van der Waals surface area contributed by atoms with E-state index in [-0.39, 0.29) is 12.8 Å². The van der Waals surface area contributed by atoms with Crippen molar-refractivity contribution < 1.29 is 87.5 Å². The van der Waals surface area contributed by atoms with Crippen LogP contribution in [0.3, 0.4) is 0 Å². The van der Waals surface area contributed by atoms with Crippen molar-refractivity contribution in [2.24, 2.45) is 35.5 Å². The van der Waals surface area contributed by atoms with E-state index in [0.717, 1.165) is 29.4 Å². The highest BCUT2D eigenvalue weighted by atomic mass is 16.3. The second-order valence-electron chi connectivity index (χ2n) is 27.6. The van der Waals surface area contributed by atoms with Gasteiger partial charge < -0.3 is 92.4 Å². The number of hydrogen-bond acceptors (Lipinski definition) is 18. The third-order valence-corrected chi connectivity index (χ3v) is 18.6. The highest BCUT2D eigenvalue weighted by molar-refractivity contribution is 6.00. The average Bonchev–Trinajstić information content (AvgIpc) is 0.826. The first-order valence-electron chi connectivity index (χ1n) is 34.1. The van der Waals surface area contributed by atoms with Gasteiger partial charge >= 0.3 is 0 Å². The van der Waals surface area contributed by atoms with E-state index in [9.17, 15) is 87.5 Å². The second kappa shape index (κ2) is 40.2. The molecule has 1 aliphatic heterocycles. The molecule has 0 saturated carbocycles. The van der Waals surface area contributed by atoms with Gasteiger partial charge in [-0.1, -0.05) is 126 Å². The number of aliphatic hydroxyl groups is 4. The molecule has 2 rings (SSSR count). The molecule has 14 amide bonds. The summed E-state index contributed by atoms with van der Waals surface area (Å²) in [4.78, 5) is 206. The third kappa shape index (κ3) is 23.4. The average molecular weight is 1420 g/mol. The molecule has 0 spiro atoms. The zero-order valence-electron chi connectivity index (χ0n) is 62.1. The quantitative estimate of drug-likeness (QED) is 0.0874. The van der Waals surface area contributed by atoms with E-state index >= 15 is 0 Å². The van der Waals surface area contributed by atoms with Crippen molar-refractivity contribution in [2.75, 3.05) is 68.6 Å². The maximum Gasteiger partial charge on any atom is 0.248 e. The Bertz CT molecular complexity index is 3010. The van der Waals surface area contributed by atoms with Gasteiger partial charge in [-0.3, -0.25) is 67.1 Å².